The number of carboxylic acid groups (broad SMARTS) is 1. The first-order valence-corrected chi connectivity index (χ1v) is 7.96. The first-order valence-electron chi connectivity index (χ1n) is 7.96. The van der Waals surface area contributed by atoms with Gasteiger partial charge in [0.25, 0.3) is 0 Å². The fraction of sp³-hybridized carbons (Fsp3) is 0.471. The molecule has 3 amide bonds. The summed E-state index contributed by atoms with van der Waals surface area (Å²) in [5.41, 5.74) is 1.09. The van der Waals surface area contributed by atoms with Gasteiger partial charge in [0.15, 0.2) is 0 Å². The maximum absolute atomic E-state index is 12.8. The van der Waals surface area contributed by atoms with Gasteiger partial charge in [-0.05, 0) is 24.0 Å². The van der Waals surface area contributed by atoms with Gasteiger partial charge in [-0.25, -0.2) is 9.59 Å². The van der Waals surface area contributed by atoms with Crippen LogP contribution < -0.4 is 15.5 Å². The zero-order chi connectivity index (χ0) is 18.0. The van der Waals surface area contributed by atoms with Crippen molar-refractivity contribution >= 4 is 29.3 Å². The number of fused-ring (bicyclic) bond motifs is 1. The highest BCUT2D eigenvalue weighted by molar-refractivity contribution is 6.12. The maximum atomic E-state index is 12.8. The summed E-state index contributed by atoms with van der Waals surface area (Å²) in [4.78, 5) is 38.0. The minimum Gasteiger partial charge on any atom is -0.480 e. The van der Waals surface area contributed by atoms with Crippen LogP contribution in [-0.4, -0.2) is 35.1 Å². The van der Waals surface area contributed by atoms with Gasteiger partial charge in [0, 0.05) is 0 Å². The molecule has 1 aromatic rings. The minimum atomic E-state index is -1.10. The van der Waals surface area contributed by atoms with Crippen LogP contribution in [-0.2, 0) is 9.59 Å². The third-order valence-corrected chi connectivity index (χ3v) is 4.03. The minimum absolute atomic E-state index is 0.133. The van der Waals surface area contributed by atoms with Crippen LogP contribution in [0.2, 0.25) is 0 Å². The number of rotatable bonds is 4. The lowest BCUT2D eigenvalue weighted by molar-refractivity contribution is -0.140. The van der Waals surface area contributed by atoms with Crippen LogP contribution in [0, 0.1) is 11.8 Å². The molecule has 0 bridgehead atoms. The van der Waals surface area contributed by atoms with Crippen LogP contribution >= 0.6 is 0 Å². The first kappa shape index (κ1) is 17.8. The van der Waals surface area contributed by atoms with Gasteiger partial charge in [0.05, 0.1) is 11.4 Å². The summed E-state index contributed by atoms with van der Waals surface area (Å²) in [6.45, 7) is 7.12. The SMILES string of the molecule is CC(C)C(NC(=O)N1c2ccccc2NC(=O)C1C(C)C)C(=O)O. The number of aliphatic carboxylic acids is 1. The van der Waals surface area contributed by atoms with E-state index in [-0.39, 0.29) is 17.7 Å². The van der Waals surface area contributed by atoms with Crippen molar-refractivity contribution < 1.29 is 19.5 Å². The summed E-state index contributed by atoms with van der Waals surface area (Å²) in [7, 11) is 0. The number of para-hydroxylation sites is 2. The number of carbonyl (C=O) groups is 3. The van der Waals surface area contributed by atoms with E-state index in [1.807, 2.05) is 13.8 Å². The smallest absolute Gasteiger partial charge is 0.326 e. The van der Waals surface area contributed by atoms with E-state index in [4.69, 9.17) is 0 Å². The highest BCUT2D eigenvalue weighted by Crippen LogP contribution is 2.34. The quantitative estimate of drug-likeness (QED) is 0.787. The largest absolute Gasteiger partial charge is 0.480 e. The molecule has 7 heteroatoms. The molecule has 7 nitrogen and oxygen atoms in total. The van der Waals surface area contributed by atoms with E-state index < -0.39 is 24.1 Å². The molecule has 130 valence electrons. The van der Waals surface area contributed by atoms with Crippen molar-refractivity contribution in [2.24, 2.45) is 11.8 Å². The standard InChI is InChI=1S/C17H23N3O4/c1-9(2)13(16(22)23)19-17(24)20-12-8-6-5-7-11(12)18-15(21)14(20)10(3)4/h5-10,13-14H,1-4H3,(H,18,21)(H,19,24)(H,22,23). The fourth-order valence-corrected chi connectivity index (χ4v) is 2.82. The average molecular weight is 333 g/mol. The Kier molecular flexibility index (Phi) is 5.11. The number of amides is 3. The number of carbonyl (C=O) groups excluding carboxylic acids is 2. The van der Waals surface area contributed by atoms with Crippen molar-refractivity contribution in [1.82, 2.24) is 5.32 Å². The van der Waals surface area contributed by atoms with Crippen molar-refractivity contribution in [3.8, 4) is 0 Å². The van der Waals surface area contributed by atoms with E-state index in [0.29, 0.717) is 11.4 Å². The third-order valence-electron chi connectivity index (χ3n) is 4.03. The molecule has 0 radical (unpaired) electrons. The first-order chi connectivity index (χ1) is 11.2. The summed E-state index contributed by atoms with van der Waals surface area (Å²) >= 11 is 0. The lowest BCUT2D eigenvalue weighted by atomic mass is 9.97. The number of hydrogen-bond donors (Lipinski definition) is 3. The fourth-order valence-electron chi connectivity index (χ4n) is 2.82. The van der Waals surface area contributed by atoms with E-state index >= 15 is 0 Å². The molecule has 24 heavy (non-hydrogen) atoms. The number of anilines is 2. The molecule has 0 saturated heterocycles. The van der Waals surface area contributed by atoms with Gasteiger partial charge in [-0.1, -0.05) is 39.8 Å². The number of urea groups is 1. The summed E-state index contributed by atoms with van der Waals surface area (Å²) in [5.74, 6) is -1.80. The molecule has 1 heterocycles. The second-order valence-corrected chi connectivity index (χ2v) is 6.57. The lowest BCUT2D eigenvalue weighted by Crippen LogP contribution is -2.59. The summed E-state index contributed by atoms with van der Waals surface area (Å²) in [6.07, 6.45) is 0. The Morgan fingerprint density at radius 2 is 1.83 bits per heavy atom. The van der Waals surface area contributed by atoms with Crippen LogP contribution in [0.25, 0.3) is 0 Å². The predicted octanol–water partition coefficient (Wildman–Crippen LogP) is 2.29. The van der Waals surface area contributed by atoms with Gasteiger partial charge < -0.3 is 15.7 Å². The van der Waals surface area contributed by atoms with Gasteiger partial charge in [-0.15, -0.1) is 0 Å². The number of nitrogens with one attached hydrogen (secondary N) is 2. The molecule has 1 aromatic carbocycles. The van der Waals surface area contributed by atoms with Crippen LogP contribution in [0.4, 0.5) is 16.2 Å². The summed E-state index contributed by atoms with van der Waals surface area (Å²) < 4.78 is 0. The highest BCUT2D eigenvalue weighted by atomic mass is 16.4. The molecule has 1 aliphatic heterocycles. The Labute approximate surface area is 141 Å². The lowest BCUT2D eigenvalue weighted by Gasteiger charge is -2.39. The second kappa shape index (κ2) is 6.90. The summed E-state index contributed by atoms with van der Waals surface area (Å²) in [5, 5.41) is 14.6. The van der Waals surface area contributed by atoms with Crippen LogP contribution in [0.5, 0.6) is 0 Å². The van der Waals surface area contributed by atoms with E-state index in [2.05, 4.69) is 10.6 Å². The molecule has 0 fully saturated rings. The molecule has 2 unspecified atom stereocenters. The van der Waals surface area contributed by atoms with Gasteiger partial charge in [-0.3, -0.25) is 9.69 Å². The van der Waals surface area contributed by atoms with Gasteiger partial charge in [0.1, 0.15) is 12.1 Å². The molecule has 3 N–H and O–H groups in total. The van der Waals surface area contributed by atoms with E-state index in [9.17, 15) is 19.5 Å². The van der Waals surface area contributed by atoms with Gasteiger partial charge in [-0.2, -0.15) is 0 Å². The molecule has 2 rings (SSSR count). The zero-order valence-corrected chi connectivity index (χ0v) is 14.2. The molecular formula is C17H23N3O4. The molecule has 0 saturated carbocycles. The van der Waals surface area contributed by atoms with Crippen molar-refractivity contribution in [2.45, 2.75) is 39.8 Å². The van der Waals surface area contributed by atoms with Crippen LogP contribution in [0.15, 0.2) is 24.3 Å². The Bertz CT molecular complexity index is 657. The number of benzene rings is 1. The van der Waals surface area contributed by atoms with Crippen LogP contribution in [0.1, 0.15) is 27.7 Å². The molecule has 1 aliphatic rings. The predicted molar refractivity (Wildman–Crippen MR) is 91.0 cm³/mol. The van der Waals surface area contributed by atoms with Crippen LogP contribution in [0.3, 0.4) is 0 Å². The van der Waals surface area contributed by atoms with Gasteiger partial charge >= 0.3 is 12.0 Å². The normalized spacial score (nSPS) is 18.2. The second-order valence-electron chi connectivity index (χ2n) is 6.57. The monoisotopic (exact) mass is 333 g/mol. The summed E-state index contributed by atoms with van der Waals surface area (Å²) in [6, 6.07) is 4.65. The van der Waals surface area contributed by atoms with Crippen molar-refractivity contribution in [3.05, 3.63) is 24.3 Å². The van der Waals surface area contributed by atoms with Crippen molar-refractivity contribution in [2.75, 3.05) is 10.2 Å². The van der Waals surface area contributed by atoms with E-state index in [0.717, 1.165) is 0 Å². The van der Waals surface area contributed by atoms with Crippen molar-refractivity contribution in [3.63, 3.8) is 0 Å². The number of carboxylic acids is 1. The molecule has 2 atom stereocenters. The Hall–Kier alpha value is -2.57. The molecule has 0 spiro atoms. The average Bonchev–Trinajstić information content (AvgIpc) is 2.49. The Balaban J connectivity index is 2.41. The molecule has 0 aromatic heterocycles. The highest BCUT2D eigenvalue weighted by Gasteiger charge is 2.40. The number of hydrogen-bond acceptors (Lipinski definition) is 3. The molecule has 0 aliphatic carbocycles. The maximum Gasteiger partial charge on any atom is 0.326 e. The number of nitrogens with zero attached hydrogens (tertiary/aromatic N) is 1. The van der Waals surface area contributed by atoms with E-state index in [1.165, 1.54) is 4.90 Å². The third kappa shape index (κ3) is 3.34. The van der Waals surface area contributed by atoms with E-state index in [1.54, 1.807) is 38.1 Å². The topological polar surface area (TPSA) is 98.7 Å². The zero-order valence-electron chi connectivity index (χ0n) is 14.2. The Morgan fingerprint density at radius 1 is 1.21 bits per heavy atom. The molecular weight excluding hydrogens is 310 g/mol. The Morgan fingerprint density at radius 3 is 2.38 bits per heavy atom. The van der Waals surface area contributed by atoms with Crippen molar-refractivity contribution in [1.29, 1.82) is 0 Å². The van der Waals surface area contributed by atoms with Gasteiger partial charge in [0.2, 0.25) is 5.91 Å².